The summed E-state index contributed by atoms with van der Waals surface area (Å²) in [7, 11) is 1.59. The zero-order chi connectivity index (χ0) is 15.2. The van der Waals surface area contributed by atoms with Crippen molar-refractivity contribution in [3.63, 3.8) is 0 Å². The number of ether oxygens (including phenoxy) is 1. The number of carbonyl (C=O) groups is 1. The van der Waals surface area contributed by atoms with Gasteiger partial charge in [0.05, 0.1) is 22.3 Å². The van der Waals surface area contributed by atoms with Crippen LogP contribution in [0.2, 0.25) is 0 Å². The van der Waals surface area contributed by atoms with Crippen LogP contribution in [-0.4, -0.2) is 24.2 Å². The minimum Gasteiger partial charge on any atom is -0.494 e. The van der Waals surface area contributed by atoms with Crippen molar-refractivity contribution >= 4 is 44.0 Å². The topological polar surface area (TPSA) is 63.6 Å². The van der Waals surface area contributed by atoms with Crippen LogP contribution in [0.25, 0.3) is 0 Å². The summed E-state index contributed by atoms with van der Waals surface area (Å²) in [6, 6.07) is 6.91. The molecule has 5 nitrogen and oxygen atoms in total. The van der Waals surface area contributed by atoms with Crippen LogP contribution in [0.1, 0.15) is 15.9 Å². The molecule has 1 N–H and O–H groups in total. The lowest BCUT2D eigenvalue weighted by atomic mass is 10.2. The summed E-state index contributed by atoms with van der Waals surface area (Å²) < 4.78 is 6.80. The zero-order valence-corrected chi connectivity index (χ0v) is 14.2. The molecule has 0 aliphatic rings. The van der Waals surface area contributed by atoms with Gasteiger partial charge in [0.15, 0.2) is 0 Å². The Morgan fingerprint density at radius 2 is 1.90 bits per heavy atom. The van der Waals surface area contributed by atoms with E-state index in [0.29, 0.717) is 11.3 Å². The van der Waals surface area contributed by atoms with E-state index >= 15 is 0 Å². The Hall–Kier alpha value is -1.73. The number of halogens is 2. The predicted molar refractivity (Wildman–Crippen MR) is 87.7 cm³/mol. The van der Waals surface area contributed by atoms with Crippen LogP contribution in [0.4, 0.5) is 0 Å². The largest absolute Gasteiger partial charge is 0.494 e. The normalized spacial score (nSPS) is 10.6. The van der Waals surface area contributed by atoms with Gasteiger partial charge in [0, 0.05) is 18.0 Å². The highest BCUT2D eigenvalue weighted by atomic mass is 79.9. The molecule has 1 amide bonds. The number of nitrogens with one attached hydrogen (secondary N) is 1. The van der Waals surface area contributed by atoms with Gasteiger partial charge in [-0.25, -0.2) is 5.43 Å². The molecule has 7 heteroatoms. The van der Waals surface area contributed by atoms with Crippen LogP contribution >= 0.6 is 31.9 Å². The lowest BCUT2D eigenvalue weighted by Gasteiger charge is -2.06. The Bertz CT molecular complexity index is 652. The fourth-order valence-corrected chi connectivity index (χ4v) is 3.13. The number of benzene rings is 1. The van der Waals surface area contributed by atoms with Crippen LogP contribution in [0.15, 0.2) is 50.7 Å². The smallest absolute Gasteiger partial charge is 0.271 e. The van der Waals surface area contributed by atoms with E-state index in [-0.39, 0.29) is 5.91 Å². The number of rotatable bonds is 4. The van der Waals surface area contributed by atoms with Crippen molar-refractivity contribution in [1.29, 1.82) is 0 Å². The Balaban J connectivity index is 2.07. The van der Waals surface area contributed by atoms with Gasteiger partial charge < -0.3 is 4.74 Å². The average molecular weight is 413 g/mol. The first-order chi connectivity index (χ1) is 10.1. The fraction of sp³-hybridized carbons (Fsp3) is 0.0714. The lowest BCUT2D eigenvalue weighted by Crippen LogP contribution is -2.17. The first-order valence-corrected chi connectivity index (χ1v) is 7.47. The third kappa shape index (κ3) is 4.12. The van der Waals surface area contributed by atoms with Crippen LogP contribution in [-0.2, 0) is 0 Å². The molecule has 2 rings (SSSR count). The van der Waals surface area contributed by atoms with Crippen LogP contribution in [0.5, 0.6) is 5.75 Å². The Kier molecular flexibility index (Phi) is 5.46. The second-order valence-electron chi connectivity index (χ2n) is 3.95. The number of aromatic nitrogens is 1. The van der Waals surface area contributed by atoms with Crippen LogP contribution < -0.4 is 10.2 Å². The van der Waals surface area contributed by atoms with Crippen molar-refractivity contribution in [2.24, 2.45) is 5.10 Å². The molecule has 0 atom stereocenters. The molecule has 0 spiro atoms. The Labute approximate surface area is 138 Å². The van der Waals surface area contributed by atoms with E-state index < -0.39 is 0 Å². The fourth-order valence-electron chi connectivity index (χ4n) is 1.58. The van der Waals surface area contributed by atoms with Gasteiger partial charge in [-0.15, -0.1) is 0 Å². The van der Waals surface area contributed by atoms with Gasteiger partial charge in [0.1, 0.15) is 5.75 Å². The summed E-state index contributed by atoms with van der Waals surface area (Å²) in [5, 5.41) is 3.93. The molecule has 0 fully saturated rings. The van der Waals surface area contributed by atoms with Crippen LogP contribution in [0, 0.1) is 0 Å². The summed E-state index contributed by atoms with van der Waals surface area (Å²) >= 11 is 6.81. The molecule has 21 heavy (non-hydrogen) atoms. The van der Waals surface area contributed by atoms with Crippen molar-refractivity contribution in [3.05, 3.63) is 56.7 Å². The van der Waals surface area contributed by atoms with Gasteiger partial charge in [0.25, 0.3) is 5.91 Å². The maximum Gasteiger partial charge on any atom is 0.271 e. The molecule has 0 saturated carbocycles. The van der Waals surface area contributed by atoms with Gasteiger partial charge in [-0.05, 0) is 61.7 Å². The molecule has 0 saturated heterocycles. The maximum absolute atomic E-state index is 11.8. The van der Waals surface area contributed by atoms with E-state index in [1.165, 1.54) is 0 Å². The van der Waals surface area contributed by atoms with Gasteiger partial charge >= 0.3 is 0 Å². The predicted octanol–water partition coefficient (Wildman–Crippen LogP) is 3.38. The molecule has 1 aromatic heterocycles. The summed E-state index contributed by atoms with van der Waals surface area (Å²) in [5.74, 6) is 0.410. The number of hydrogen-bond acceptors (Lipinski definition) is 4. The van der Waals surface area contributed by atoms with Gasteiger partial charge in [0.2, 0.25) is 0 Å². The molecule has 0 unspecified atom stereocenters. The van der Waals surface area contributed by atoms with Gasteiger partial charge in [-0.2, -0.15) is 5.10 Å². The molecule has 0 radical (unpaired) electrons. The third-order valence-corrected chi connectivity index (χ3v) is 3.73. The first-order valence-electron chi connectivity index (χ1n) is 5.88. The minimum atomic E-state index is -0.291. The lowest BCUT2D eigenvalue weighted by molar-refractivity contribution is 0.0955. The summed E-state index contributed by atoms with van der Waals surface area (Å²) in [5.41, 5.74) is 3.76. The number of methoxy groups -OCH3 is 1. The molecular weight excluding hydrogens is 402 g/mol. The summed E-state index contributed by atoms with van der Waals surface area (Å²) in [6.45, 7) is 0. The highest BCUT2D eigenvalue weighted by Gasteiger charge is 2.07. The van der Waals surface area contributed by atoms with E-state index in [2.05, 4.69) is 47.4 Å². The molecule has 2 aromatic rings. The number of hydrogen-bond donors (Lipinski definition) is 1. The van der Waals surface area contributed by atoms with Crippen molar-refractivity contribution < 1.29 is 9.53 Å². The highest BCUT2D eigenvalue weighted by Crippen LogP contribution is 2.33. The van der Waals surface area contributed by atoms with Gasteiger partial charge in [-0.1, -0.05) is 0 Å². The monoisotopic (exact) mass is 411 g/mol. The molecule has 1 heterocycles. The van der Waals surface area contributed by atoms with Crippen LogP contribution in [0.3, 0.4) is 0 Å². The molecular formula is C14H11Br2N3O2. The van der Waals surface area contributed by atoms with E-state index in [9.17, 15) is 4.79 Å². The molecule has 0 bridgehead atoms. The maximum atomic E-state index is 11.8. The third-order valence-electron chi connectivity index (χ3n) is 2.55. The van der Waals surface area contributed by atoms with E-state index in [4.69, 9.17) is 4.74 Å². The van der Waals surface area contributed by atoms with E-state index in [0.717, 1.165) is 14.5 Å². The number of hydrazone groups is 1. The zero-order valence-electron chi connectivity index (χ0n) is 11.0. The molecule has 0 aliphatic carbocycles. The average Bonchev–Trinajstić information content (AvgIpc) is 2.48. The van der Waals surface area contributed by atoms with Gasteiger partial charge in [-0.3, -0.25) is 9.78 Å². The van der Waals surface area contributed by atoms with Crippen molar-refractivity contribution in [2.75, 3.05) is 7.11 Å². The second-order valence-corrected chi connectivity index (χ2v) is 5.66. The Morgan fingerprint density at radius 1 is 1.29 bits per heavy atom. The summed E-state index contributed by atoms with van der Waals surface area (Å²) in [6.07, 6.45) is 4.65. The number of amides is 1. The SMILES string of the molecule is COc1c(Br)cc(C=NNC(=O)c2ccncc2)cc1Br. The molecule has 1 aromatic carbocycles. The van der Waals surface area contributed by atoms with E-state index in [1.54, 1.807) is 37.9 Å². The number of nitrogens with zero attached hydrogens (tertiary/aromatic N) is 2. The van der Waals surface area contributed by atoms with Crippen molar-refractivity contribution in [1.82, 2.24) is 10.4 Å². The standard InChI is InChI=1S/C14H11Br2N3O2/c1-21-13-11(15)6-9(7-12(13)16)8-18-19-14(20)10-2-4-17-5-3-10/h2-8H,1H3,(H,19,20). The molecule has 0 aliphatic heterocycles. The van der Waals surface area contributed by atoms with Crippen molar-refractivity contribution in [3.8, 4) is 5.75 Å². The molecule has 108 valence electrons. The quantitative estimate of drug-likeness (QED) is 0.618. The first kappa shape index (κ1) is 15.7. The second kappa shape index (κ2) is 7.33. The van der Waals surface area contributed by atoms with E-state index in [1.807, 2.05) is 12.1 Å². The highest BCUT2D eigenvalue weighted by molar-refractivity contribution is 9.11. The summed E-state index contributed by atoms with van der Waals surface area (Å²) in [4.78, 5) is 15.6. The number of pyridine rings is 1. The number of carbonyl (C=O) groups excluding carboxylic acids is 1. The Morgan fingerprint density at radius 3 is 2.48 bits per heavy atom. The van der Waals surface area contributed by atoms with Crippen molar-refractivity contribution in [2.45, 2.75) is 0 Å². The minimum absolute atomic E-state index is 0.291.